The van der Waals surface area contributed by atoms with Gasteiger partial charge < -0.3 is 9.73 Å². The van der Waals surface area contributed by atoms with Crippen LogP contribution in [0.4, 0.5) is 5.69 Å². The average molecular weight is 430 g/mol. The third-order valence-electron chi connectivity index (χ3n) is 3.95. The molecule has 0 aliphatic carbocycles. The Labute approximate surface area is 174 Å². The minimum atomic E-state index is -3.68. The van der Waals surface area contributed by atoms with Crippen molar-refractivity contribution in [3.05, 3.63) is 83.8 Å². The Morgan fingerprint density at radius 2 is 1.83 bits per heavy atom. The summed E-state index contributed by atoms with van der Waals surface area (Å²) in [5, 5.41) is 5.57. The van der Waals surface area contributed by atoms with Crippen LogP contribution in [0.2, 0.25) is 0 Å². The lowest BCUT2D eigenvalue weighted by Crippen LogP contribution is -2.34. The summed E-state index contributed by atoms with van der Waals surface area (Å²) in [5.74, 6) is 0.189. The van der Waals surface area contributed by atoms with Gasteiger partial charge >= 0.3 is 0 Å². The summed E-state index contributed by atoms with van der Waals surface area (Å²) in [5.41, 5.74) is 2.01. The number of carbonyl (C=O) groups excluding carboxylic acids is 1. The van der Waals surface area contributed by atoms with Crippen molar-refractivity contribution < 1.29 is 17.6 Å². The number of hydrogen-bond acceptors (Lipinski definition) is 5. The van der Waals surface area contributed by atoms with Gasteiger partial charge in [-0.25, -0.2) is 13.1 Å². The van der Waals surface area contributed by atoms with Gasteiger partial charge in [-0.15, -0.1) is 0 Å². The highest BCUT2D eigenvalue weighted by Gasteiger charge is 2.14. The van der Waals surface area contributed by atoms with Crippen LogP contribution in [0.1, 0.15) is 21.7 Å². The molecule has 1 aromatic heterocycles. The zero-order valence-corrected chi connectivity index (χ0v) is 17.1. The maximum Gasteiger partial charge on any atom is 0.257 e. The van der Waals surface area contributed by atoms with Gasteiger partial charge in [0.1, 0.15) is 5.76 Å². The number of aryl methyl sites for hydroxylation is 1. The van der Waals surface area contributed by atoms with Crippen molar-refractivity contribution in [1.29, 1.82) is 0 Å². The van der Waals surface area contributed by atoms with E-state index >= 15 is 0 Å². The number of nitrogens with one attached hydrogen (secondary N) is 3. The van der Waals surface area contributed by atoms with Crippen molar-refractivity contribution in [1.82, 2.24) is 10.0 Å². The van der Waals surface area contributed by atoms with E-state index in [-0.39, 0.29) is 22.5 Å². The number of hydrogen-bond donors (Lipinski definition) is 3. The molecule has 7 nitrogen and oxygen atoms in total. The van der Waals surface area contributed by atoms with Crippen LogP contribution in [0.15, 0.2) is 76.2 Å². The largest absolute Gasteiger partial charge is 0.468 e. The molecule has 0 bridgehead atoms. The Kier molecular flexibility index (Phi) is 6.42. The van der Waals surface area contributed by atoms with Crippen molar-refractivity contribution in [2.24, 2.45) is 0 Å². The molecule has 1 heterocycles. The molecular formula is C20H19N3O4S2. The van der Waals surface area contributed by atoms with E-state index < -0.39 is 10.0 Å². The van der Waals surface area contributed by atoms with Crippen molar-refractivity contribution in [2.75, 3.05) is 5.32 Å². The third kappa shape index (κ3) is 5.74. The highest BCUT2D eigenvalue weighted by Crippen LogP contribution is 2.15. The molecule has 3 rings (SSSR count). The number of amides is 1. The fourth-order valence-electron chi connectivity index (χ4n) is 2.50. The zero-order valence-electron chi connectivity index (χ0n) is 15.5. The Bertz CT molecular complexity index is 1110. The van der Waals surface area contributed by atoms with E-state index in [4.69, 9.17) is 16.6 Å². The van der Waals surface area contributed by atoms with E-state index in [9.17, 15) is 13.2 Å². The van der Waals surface area contributed by atoms with Crippen molar-refractivity contribution >= 4 is 38.9 Å². The van der Waals surface area contributed by atoms with Crippen LogP contribution in [-0.4, -0.2) is 19.4 Å². The van der Waals surface area contributed by atoms with Gasteiger partial charge in [-0.05, 0) is 67.7 Å². The number of thiocarbonyl (C=S) groups is 1. The summed E-state index contributed by atoms with van der Waals surface area (Å²) in [6, 6.07) is 16.5. The third-order valence-corrected chi connectivity index (χ3v) is 5.57. The average Bonchev–Trinajstić information content (AvgIpc) is 3.20. The van der Waals surface area contributed by atoms with Gasteiger partial charge in [0.2, 0.25) is 10.0 Å². The van der Waals surface area contributed by atoms with Gasteiger partial charge in [0.05, 0.1) is 17.7 Å². The normalized spacial score (nSPS) is 11.1. The second-order valence-corrected chi connectivity index (χ2v) is 8.38. The molecule has 0 radical (unpaired) electrons. The number of benzene rings is 2. The Hall–Kier alpha value is -3.01. The maximum atomic E-state index is 12.3. The molecule has 29 heavy (non-hydrogen) atoms. The van der Waals surface area contributed by atoms with Gasteiger partial charge in [-0.2, -0.15) is 0 Å². The first-order chi connectivity index (χ1) is 13.8. The van der Waals surface area contributed by atoms with Crippen LogP contribution in [0.3, 0.4) is 0 Å². The molecule has 0 aliphatic heterocycles. The van der Waals surface area contributed by atoms with E-state index in [1.807, 2.05) is 13.0 Å². The van der Waals surface area contributed by atoms with Crippen LogP contribution in [0.5, 0.6) is 0 Å². The van der Waals surface area contributed by atoms with E-state index in [2.05, 4.69) is 15.4 Å². The quantitative estimate of drug-likeness (QED) is 0.521. The molecule has 0 saturated heterocycles. The van der Waals surface area contributed by atoms with Gasteiger partial charge in [0, 0.05) is 11.3 Å². The number of rotatable bonds is 6. The standard InChI is InChI=1S/C20H19N3O4S2/c1-14-4-2-5-15(12-14)19(24)23-20(28)22-16-7-9-18(10-8-16)29(25,26)21-13-17-6-3-11-27-17/h2-12,21H,13H2,1H3,(H2,22,23,24,28). The lowest BCUT2D eigenvalue weighted by molar-refractivity contribution is 0.0977. The van der Waals surface area contributed by atoms with E-state index in [0.717, 1.165) is 5.56 Å². The van der Waals surface area contributed by atoms with E-state index in [0.29, 0.717) is 17.0 Å². The zero-order chi connectivity index (χ0) is 20.9. The highest BCUT2D eigenvalue weighted by molar-refractivity contribution is 7.89. The molecular weight excluding hydrogens is 410 g/mol. The van der Waals surface area contributed by atoms with Crippen molar-refractivity contribution in [3.8, 4) is 0 Å². The summed E-state index contributed by atoms with van der Waals surface area (Å²) in [7, 11) is -3.68. The molecule has 0 saturated carbocycles. The summed E-state index contributed by atoms with van der Waals surface area (Å²) in [6.45, 7) is 1.96. The van der Waals surface area contributed by atoms with Crippen molar-refractivity contribution in [2.45, 2.75) is 18.4 Å². The van der Waals surface area contributed by atoms with Crippen molar-refractivity contribution in [3.63, 3.8) is 0 Å². The maximum absolute atomic E-state index is 12.3. The predicted octanol–water partition coefficient (Wildman–Crippen LogP) is 3.19. The Morgan fingerprint density at radius 3 is 2.48 bits per heavy atom. The van der Waals surface area contributed by atoms with Gasteiger partial charge in [0.25, 0.3) is 5.91 Å². The summed E-state index contributed by atoms with van der Waals surface area (Å²) < 4.78 is 32.2. The van der Waals surface area contributed by atoms with Gasteiger partial charge in [0.15, 0.2) is 5.11 Å². The fourth-order valence-corrected chi connectivity index (χ4v) is 3.71. The molecule has 0 spiro atoms. The molecule has 3 N–H and O–H groups in total. The number of anilines is 1. The predicted molar refractivity (Wildman–Crippen MR) is 114 cm³/mol. The monoisotopic (exact) mass is 429 g/mol. The lowest BCUT2D eigenvalue weighted by Gasteiger charge is -2.11. The topological polar surface area (TPSA) is 100 Å². The molecule has 0 unspecified atom stereocenters. The lowest BCUT2D eigenvalue weighted by atomic mass is 10.1. The first-order valence-electron chi connectivity index (χ1n) is 8.64. The van der Waals surface area contributed by atoms with Crippen LogP contribution < -0.4 is 15.4 Å². The summed E-state index contributed by atoms with van der Waals surface area (Å²) in [4.78, 5) is 12.3. The molecule has 0 aliphatic rings. The SMILES string of the molecule is Cc1cccc(C(=O)NC(=S)Nc2ccc(S(=O)(=O)NCc3ccco3)cc2)c1. The molecule has 9 heteroatoms. The van der Waals surface area contributed by atoms with E-state index in [1.54, 1.807) is 42.5 Å². The van der Waals surface area contributed by atoms with Crippen LogP contribution in [0, 0.1) is 6.92 Å². The molecule has 0 fully saturated rings. The van der Waals surface area contributed by atoms with E-state index in [1.165, 1.54) is 18.4 Å². The second-order valence-electron chi connectivity index (χ2n) is 6.21. The number of furan rings is 1. The Morgan fingerprint density at radius 1 is 1.07 bits per heavy atom. The smallest absolute Gasteiger partial charge is 0.257 e. The highest BCUT2D eigenvalue weighted by atomic mass is 32.2. The molecule has 150 valence electrons. The number of sulfonamides is 1. The second kappa shape index (κ2) is 8.99. The van der Waals surface area contributed by atoms with Crippen LogP contribution in [-0.2, 0) is 16.6 Å². The van der Waals surface area contributed by atoms with Gasteiger partial charge in [-0.1, -0.05) is 17.7 Å². The number of carbonyl (C=O) groups is 1. The van der Waals surface area contributed by atoms with Crippen LogP contribution in [0.25, 0.3) is 0 Å². The van der Waals surface area contributed by atoms with Crippen LogP contribution >= 0.6 is 12.2 Å². The molecule has 2 aromatic carbocycles. The summed E-state index contributed by atoms with van der Waals surface area (Å²) >= 11 is 5.15. The molecule has 0 atom stereocenters. The Balaban J connectivity index is 1.58. The van der Waals surface area contributed by atoms with Gasteiger partial charge in [-0.3, -0.25) is 10.1 Å². The minimum absolute atomic E-state index is 0.0599. The summed E-state index contributed by atoms with van der Waals surface area (Å²) in [6.07, 6.45) is 1.48. The minimum Gasteiger partial charge on any atom is -0.468 e. The molecule has 1 amide bonds. The first-order valence-corrected chi connectivity index (χ1v) is 10.5. The molecule has 3 aromatic rings. The first kappa shape index (κ1) is 20.7. The fraction of sp³-hybridized carbons (Fsp3) is 0.100.